The third-order valence-corrected chi connectivity index (χ3v) is 3.06. The van der Waals surface area contributed by atoms with Crippen LogP contribution in [0.1, 0.15) is 17.0 Å². The number of anilines is 1. The number of nitrogens with one attached hydrogen (secondary N) is 1. The highest BCUT2D eigenvalue weighted by Crippen LogP contribution is 2.30. The standard InChI is InChI=1S/C8H10N2O2S/c1-12-8(11)10-7-9-5-3-2-4-6(5)13-7/h2-4H2,1H3,(H,9,10,11). The molecule has 0 aromatic carbocycles. The maximum atomic E-state index is 10.8. The molecule has 0 unspecified atom stereocenters. The van der Waals surface area contributed by atoms with Gasteiger partial charge in [0.1, 0.15) is 0 Å². The first-order valence-corrected chi connectivity index (χ1v) is 4.95. The minimum Gasteiger partial charge on any atom is -0.453 e. The Kier molecular flexibility index (Phi) is 2.18. The largest absolute Gasteiger partial charge is 0.453 e. The molecule has 0 fully saturated rings. The van der Waals surface area contributed by atoms with Crippen molar-refractivity contribution in [1.82, 2.24) is 4.98 Å². The molecule has 1 aliphatic rings. The van der Waals surface area contributed by atoms with E-state index in [0.29, 0.717) is 5.13 Å². The fourth-order valence-corrected chi connectivity index (χ4v) is 2.42. The maximum Gasteiger partial charge on any atom is 0.413 e. The molecule has 1 N–H and O–H groups in total. The molecule has 0 spiro atoms. The number of hydrogen-bond donors (Lipinski definition) is 1. The summed E-state index contributed by atoms with van der Waals surface area (Å²) >= 11 is 1.54. The summed E-state index contributed by atoms with van der Waals surface area (Å²) in [5.74, 6) is 0. The molecule has 1 aromatic rings. The predicted molar refractivity (Wildman–Crippen MR) is 50.2 cm³/mol. The molecule has 0 saturated heterocycles. The first-order valence-electron chi connectivity index (χ1n) is 4.13. The predicted octanol–water partition coefficient (Wildman–Crippen LogP) is 1.81. The minimum atomic E-state index is -0.451. The smallest absolute Gasteiger partial charge is 0.413 e. The SMILES string of the molecule is COC(=O)Nc1nc2c(s1)CCC2. The molecule has 70 valence electrons. The lowest BCUT2D eigenvalue weighted by Gasteiger charge is -1.97. The van der Waals surface area contributed by atoms with Gasteiger partial charge in [-0.25, -0.2) is 9.78 Å². The van der Waals surface area contributed by atoms with Gasteiger partial charge < -0.3 is 4.74 Å². The summed E-state index contributed by atoms with van der Waals surface area (Å²) < 4.78 is 4.47. The number of rotatable bonds is 1. The van der Waals surface area contributed by atoms with Crippen LogP contribution in [0.15, 0.2) is 0 Å². The van der Waals surface area contributed by atoms with Crippen LogP contribution in [0.4, 0.5) is 9.93 Å². The summed E-state index contributed by atoms with van der Waals surface area (Å²) in [6, 6.07) is 0. The number of carbonyl (C=O) groups is 1. The second-order valence-corrected chi connectivity index (χ2v) is 3.94. The van der Waals surface area contributed by atoms with Crippen LogP contribution in [0.5, 0.6) is 0 Å². The quantitative estimate of drug-likeness (QED) is 0.748. The average molecular weight is 198 g/mol. The van der Waals surface area contributed by atoms with Gasteiger partial charge in [-0.15, -0.1) is 11.3 Å². The molecule has 13 heavy (non-hydrogen) atoms. The van der Waals surface area contributed by atoms with Gasteiger partial charge in [0.25, 0.3) is 0 Å². The van der Waals surface area contributed by atoms with E-state index in [2.05, 4.69) is 15.0 Å². The van der Waals surface area contributed by atoms with E-state index in [1.165, 1.54) is 18.4 Å². The summed E-state index contributed by atoms with van der Waals surface area (Å²) in [4.78, 5) is 16.4. The normalized spacial score (nSPS) is 13.9. The van der Waals surface area contributed by atoms with E-state index >= 15 is 0 Å². The molecule has 5 heteroatoms. The fourth-order valence-electron chi connectivity index (χ4n) is 1.38. The molecule has 0 bridgehead atoms. The van der Waals surface area contributed by atoms with Crippen molar-refractivity contribution in [1.29, 1.82) is 0 Å². The number of methoxy groups -OCH3 is 1. The summed E-state index contributed by atoms with van der Waals surface area (Å²) in [5, 5.41) is 3.22. The number of aryl methyl sites for hydroxylation is 2. The molecule has 1 aromatic heterocycles. The number of aromatic nitrogens is 1. The van der Waals surface area contributed by atoms with Crippen LogP contribution in [0.25, 0.3) is 0 Å². The van der Waals surface area contributed by atoms with E-state index < -0.39 is 6.09 Å². The molecule has 1 aliphatic carbocycles. The van der Waals surface area contributed by atoms with Gasteiger partial charge in [0, 0.05) is 4.88 Å². The summed E-state index contributed by atoms with van der Waals surface area (Å²) in [5.41, 5.74) is 1.14. The molecule has 0 radical (unpaired) electrons. The van der Waals surface area contributed by atoms with E-state index in [9.17, 15) is 4.79 Å². The molecule has 4 nitrogen and oxygen atoms in total. The summed E-state index contributed by atoms with van der Waals surface area (Å²) in [7, 11) is 1.34. The molecular formula is C8H10N2O2S. The first-order chi connectivity index (χ1) is 6.29. The van der Waals surface area contributed by atoms with Gasteiger partial charge in [-0.05, 0) is 19.3 Å². The minimum absolute atomic E-state index is 0.451. The van der Waals surface area contributed by atoms with E-state index in [-0.39, 0.29) is 0 Å². The highest BCUT2D eigenvalue weighted by atomic mass is 32.1. The van der Waals surface area contributed by atoms with Crippen molar-refractivity contribution in [2.45, 2.75) is 19.3 Å². The van der Waals surface area contributed by atoms with Gasteiger partial charge in [0.15, 0.2) is 5.13 Å². The highest BCUT2D eigenvalue weighted by Gasteiger charge is 2.17. The maximum absolute atomic E-state index is 10.8. The van der Waals surface area contributed by atoms with Crippen LogP contribution in [0.2, 0.25) is 0 Å². The molecule has 0 saturated carbocycles. The van der Waals surface area contributed by atoms with Gasteiger partial charge in [0.2, 0.25) is 0 Å². The number of fused-ring (bicyclic) bond motifs is 1. The topological polar surface area (TPSA) is 51.2 Å². The number of carbonyl (C=O) groups excluding carboxylic acids is 1. The Balaban J connectivity index is 2.10. The van der Waals surface area contributed by atoms with E-state index in [4.69, 9.17) is 0 Å². The van der Waals surface area contributed by atoms with Gasteiger partial charge in [0.05, 0.1) is 12.8 Å². The second kappa shape index (κ2) is 3.33. The average Bonchev–Trinajstić information content (AvgIpc) is 2.63. The van der Waals surface area contributed by atoms with Gasteiger partial charge in [-0.3, -0.25) is 5.32 Å². The van der Waals surface area contributed by atoms with Crippen molar-refractivity contribution in [2.24, 2.45) is 0 Å². The van der Waals surface area contributed by atoms with Gasteiger partial charge in [-0.2, -0.15) is 0 Å². The van der Waals surface area contributed by atoms with Crippen molar-refractivity contribution in [3.8, 4) is 0 Å². The Morgan fingerprint density at radius 2 is 2.46 bits per heavy atom. The van der Waals surface area contributed by atoms with Crippen molar-refractivity contribution in [2.75, 3.05) is 12.4 Å². The van der Waals surface area contributed by atoms with E-state index in [1.54, 1.807) is 11.3 Å². The van der Waals surface area contributed by atoms with E-state index in [0.717, 1.165) is 18.5 Å². The Morgan fingerprint density at radius 1 is 1.62 bits per heavy atom. The van der Waals surface area contributed by atoms with E-state index in [1.807, 2.05) is 0 Å². The first kappa shape index (κ1) is 8.50. The Labute approximate surface area is 79.9 Å². The van der Waals surface area contributed by atoms with Crippen LogP contribution < -0.4 is 5.32 Å². The number of nitrogens with zero attached hydrogens (tertiary/aromatic N) is 1. The van der Waals surface area contributed by atoms with Crippen LogP contribution in [-0.2, 0) is 17.6 Å². The molecule has 1 amide bonds. The Hall–Kier alpha value is -1.10. The Bertz CT molecular complexity index is 313. The number of amides is 1. The lowest BCUT2D eigenvalue weighted by atomic mass is 10.4. The van der Waals surface area contributed by atoms with Crippen molar-refractivity contribution >= 4 is 22.6 Å². The summed E-state index contributed by atoms with van der Waals surface area (Å²) in [6.07, 6.45) is 2.87. The second-order valence-electron chi connectivity index (χ2n) is 2.86. The van der Waals surface area contributed by atoms with Gasteiger partial charge in [-0.1, -0.05) is 0 Å². The number of ether oxygens (including phenoxy) is 1. The fraction of sp³-hybridized carbons (Fsp3) is 0.500. The zero-order valence-electron chi connectivity index (χ0n) is 7.29. The lowest BCUT2D eigenvalue weighted by molar-refractivity contribution is 0.187. The zero-order chi connectivity index (χ0) is 9.26. The molecule has 0 atom stereocenters. The van der Waals surface area contributed by atoms with Crippen molar-refractivity contribution < 1.29 is 9.53 Å². The lowest BCUT2D eigenvalue weighted by Crippen LogP contribution is -2.10. The summed E-state index contributed by atoms with van der Waals surface area (Å²) in [6.45, 7) is 0. The number of thiazole rings is 1. The van der Waals surface area contributed by atoms with Crippen molar-refractivity contribution in [3.63, 3.8) is 0 Å². The Morgan fingerprint density at radius 3 is 3.15 bits per heavy atom. The third-order valence-electron chi connectivity index (χ3n) is 1.99. The molecule has 0 aliphatic heterocycles. The molecular weight excluding hydrogens is 188 g/mol. The third kappa shape index (κ3) is 1.65. The molecule has 2 rings (SSSR count). The monoisotopic (exact) mass is 198 g/mol. The zero-order valence-corrected chi connectivity index (χ0v) is 8.11. The van der Waals surface area contributed by atoms with Crippen LogP contribution in [0, 0.1) is 0 Å². The molecule has 1 heterocycles. The van der Waals surface area contributed by atoms with Crippen molar-refractivity contribution in [3.05, 3.63) is 10.6 Å². The number of hydrogen-bond acceptors (Lipinski definition) is 4. The van der Waals surface area contributed by atoms with Crippen LogP contribution in [0.3, 0.4) is 0 Å². The highest BCUT2D eigenvalue weighted by molar-refractivity contribution is 7.15. The van der Waals surface area contributed by atoms with Gasteiger partial charge >= 0.3 is 6.09 Å². The van der Waals surface area contributed by atoms with Crippen LogP contribution in [-0.4, -0.2) is 18.2 Å². The van der Waals surface area contributed by atoms with Crippen LogP contribution >= 0.6 is 11.3 Å².